The molecule has 0 amide bonds. The molecule has 2 saturated carbocycles. The Morgan fingerprint density at radius 2 is 1.92 bits per heavy atom. The van der Waals surface area contributed by atoms with Crippen molar-refractivity contribution in [2.45, 2.75) is 58.7 Å². The second-order valence-corrected chi connectivity index (χ2v) is 8.13. The molecule has 3 rings (SSSR count). The summed E-state index contributed by atoms with van der Waals surface area (Å²) in [5.41, 5.74) is -0.442. The van der Waals surface area contributed by atoms with E-state index in [0.29, 0.717) is 11.5 Å². The Bertz CT molecular complexity index is 712. The van der Waals surface area contributed by atoms with Gasteiger partial charge in [0.25, 0.3) is 5.60 Å². The molecule has 1 aromatic rings. The molecule has 4 atom stereocenters. The maximum atomic E-state index is 13.2. The highest BCUT2D eigenvalue weighted by Crippen LogP contribution is 2.66. The molecule has 0 unspecified atom stereocenters. The van der Waals surface area contributed by atoms with Crippen molar-refractivity contribution in [3.63, 3.8) is 0 Å². The number of esters is 1. The van der Waals surface area contributed by atoms with Crippen LogP contribution < -0.4 is 0 Å². The van der Waals surface area contributed by atoms with Crippen LogP contribution in [0.2, 0.25) is 0 Å². The SMILES string of the molecule is CC#C[C@](OC)(C(=O)O[C@@H]1C[C@@H]2CC[C@@]1(C)C2(C)C)c1ccccc1. The van der Waals surface area contributed by atoms with Crippen molar-refractivity contribution in [3.05, 3.63) is 35.9 Å². The standard InChI is InChI=1S/C22H28O3/c1-6-13-22(24-5,16-10-8-7-9-11-16)19(23)25-18-15-17-12-14-21(18,4)20(17,2)3/h7-11,17-18H,12,14-15H2,1-5H3/t17-,18+,21+,22+/m0/s1. The fourth-order valence-corrected chi connectivity index (χ4v) is 4.86. The van der Waals surface area contributed by atoms with Crippen LogP contribution in [0.15, 0.2) is 30.3 Å². The third kappa shape index (κ3) is 2.50. The van der Waals surface area contributed by atoms with Crippen LogP contribution in [0.25, 0.3) is 0 Å². The number of ether oxygens (including phenoxy) is 2. The number of rotatable bonds is 4. The monoisotopic (exact) mass is 340 g/mol. The summed E-state index contributed by atoms with van der Waals surface area (Å²) in [7, 11) is 1.52. The normalized spacial score (nSPS) is 31.7. The highest BCUT2D eigenvalue weighted by Gasteiger charge is 2.63. The molecule has 0 aromatic heterocycles. The van der Waals surface area contributed by atoms with E-state index < -0.39 is 11.6 Å². The first kappa shape index (κ1) is 18.0. The van der Waals surface area contributed by atoms with E-state index in [0.717, 1.165) is 12.8 Å². The minimum atomic E-state index is -1.36. The number of carbonyl (C=O) groups excluding carboxylic acids is 1. The molecular formula is C22H28O3. The quantitative estimate of drug-likeness (QED) is 0.605. The lowest BCUT2D eigenvalue weighted by molar-refractivity contribution is -0.176. The van der Waals surface area contributed by atoms with Crippen LogP contribution in [-0.2, 0) is 19.9 Å². The second kappa shape index (κ2) is 6.18. The molecule has 0 spiro atoms. The zero-order valence-electron chi connectivity index (χ0n) is 15.9. The largest absolute Gasteiger partial charge is 0.459 e. The molecule has 2 aliphatic rings. The van der Waals surface area contributed by atoms with E-state index >= 15 is 0 Å². The molecule has 2 fully saturated rings. The Hall–Kier alpha value is -1.79. The molecule has 134 valence electrons. The van der Waals surface area contributed by atoms with Gasteiger partial charge in [0.05, 0.1) is 0 Å². The van der Waals surface area contributed by atoms with Crippen molar-refractivity contribution in [2.75, 3.05) is 7.11 Å². The molecule has 0 aliphatic heterocycles. The Balaban J connectivity index is 1.91. The van der Waals surface area contributed by atoms with Crippen molar-refractivity contribution in [1.29, 1.82) is 0 Å². The van der Waals surface area contributed by atoms with Gasteiger partial charge in [-0.25, -0.2) is 4.79 Å². The van der Waals surface area contributed by atoms with E-state index in [-0.39, 0.29) is 16.9 Å². The first-order valence-corrected chi connectivity index (χ1v) is 9.07. The Morgan fingerprint density at radius 1 is 1.24 bits per heavy atom. The Labute approximate surface area is 151 Å². The zero-order valence-corrected chi connectivity index (χ0v) is 15.9. The number of methoxy groups -OCH3 is 1. The highest BCUT2D eigenvalue weighted by molar-refractivity contribution is 5.85. The van der Waals surface area contributed by atoms with Crippen LogP contribution in [0.5, 0.6) is 0 Å². The van der Waals surface area contributed by atoms with Crippen LogP contribution in [0, 0.1) is 28.6 Å². The van der Waals surface area contributed by atoms with Crippen molar-refractivity contribution in [2.24, 2.45) is 16.7 Å². The zero-order chi connectivity index (χ0) is 18.3. The van der Waals surface area contributed by atoms with Gasteiger partial charge in [0.1, 0.15) is 6.10 Å². The average molecular weight is 340 g/mol. The maximum Gasteiger partial charge on any atom is 0.356 e. The summed E-state index contributed by atoms with van der Waals surface area (Å²) in [5, 5.41) is 0. The molecule has 2 aliphatic carbocycles. The van der Waals surface area contributed by atoms with Gasteiger partial charge in [-0.2, -0.15) is 0 Å². The van der Waals surface area contributed by atoms with Gasteiger partial charge in [0.2, 0.25) is 0 Å². The molecule has 25 heavy (non-hydrogen) atoms. The highest BCUT2D eigenvalue weighted by atomic mass is 16.6. The van der Waals surface area contributed by atoms with Gasteiger partial charge in [-0.15, -0.1) is 5.92 Å². The predicted octanol–water partition coefficient (Wildman–Crippen LogP) is 4.31. The molecule has 2 bridgehead atoms. The summed E-state index contributed by atoms with van der Waals surface area (Å²) in [5.74, 6) is 6.03. The molecule has 1 aromatic carbocycles. The maximum absolute atomic E-state index is 13.2. The lowest BCUT2D eigenvalue weighted by Crippen LogP contribution is -2.44. The summed E-state index contributed by atoms with van der Waals surface area (Å²) < 4.78 is 11.7. The summed E-state index contributed by atoms with van der Waals surface area (Å²) >= 11 is 0. The van der Waals surface area contributed by atoms with Crippen molar-refractivity contribution < 1.29 is 14.3 Å². The first-order valence-electron chi connectivity index (χ1n) is 9.07. The van der Waals surface area contributed by atoms with E-state index in [9.17, 15) is 4.79 Å². The van der Waals surface area contributed by atoms with Gasteiger partial charge < -0.3 is 9.47 Å². The Morgan fingerprint density at radius 3 is 2.40 bits per heavy atom. The van der Waals surface area contributed by atoms with E-state index in [1.165, 1.54) is 13.5 Å². The third-order valence-electron chi connectivity index (χ3n) is 7.04. The fourth-order valence-electron chi connectivity index (χ4n) is 4.86. The first-order chi connectivity index (χ1) is 11.8. The van der Waals surface area contributed by atoms with Crippen molar-refractivity contribution in [1.82, 2.24) is 0 Å². The summed E-state index contributed by atoms with van der Waals surface area (Å²) in [6.07, 6.45) is 3.18. The van der Waals surface area contributed by atoms with Gasteiger partial charge in [-0.1, -0.05) is 57.0 Å². The Kier molecular flexibility index (Phi) is 4.45. The molecule has 0 N–H and O–H groups in total. The lowest BCUT2D eigenvalue weighted by Gasteiger charge is -2.39. The smallest absolute Gasteiger partial charge is 0.356 e. The van der Waals surface area contributed by atoms with E-state index in [1.807, 2.05) is 30.3 Å². The number of hydrogen-bond acceptors (Lipinski definition) is 3. The van der Waals surface area contributed by atoms with Gasteiger partial charge in [-0.3, -0.25) is 0 Å². The molecule has 0 heterocycles. The van der Waals surface area contributed by atoms with Crippen LogP contribution in [-0.4, -0.2) is 19.2 Å². The van der Waals surface area contributed by atoms with Crippen molar-refractivity contribution in [3.8, 4) is 11.8 Å². The average Bonchev–Trinajstić information content (AvgIpc) is 2.94. The number of fused-ring (bicyclic) bond motifs is 2. The molecule has 0 saturated heterocycles. The van der Waals surface area contributed by atoms with Gasteiger partial charge in [0, 0.05) is 18.1 Å². The topological polar surface area (TPSA) is 35.5 Å². The summed E-state index contributed by atoms with van der Waals surface area (Å²) in [6.45, 7) is 8.60. The summed E-state index contributed by atoms with van der Waals surface area (Å²) in [4.78, 5) is 13.2. The van der Waals surface area contributed by atoms with Crippen LogP contribution >= 0.6 is 0 Å². The minimum absolute atomic E-state index is 0.0170. The van der Waals surface area contributed by atoms with Gasteiger partial charge in [-0.05, 0) is 37.5 Å². The van der Waals surface area contributed by atoms with E-state index in [1.54, 1.807) is 6.92 Å². The summed E-state index contributed by atoms with van der Waals surface area (Å²) in [6, 6.07) is 9.41. The van der Waals surface area contributed by atoms with Gasteiger partial charge in [0.15, 0.2) is 0 Å². The number of hydrogen-bond donors (Lipinski definition) is 0. The van der Waals surface area contributed by atoms with Gasteiger partial charge >= 0.3 is 5.97 Å². The molecular weight excluding hydrogens is 312 g/mol. The second-order valence-electron chi connectivity index (χ2n) is 8.13. The fraction of sp³-hybridized carbons (Fsp3) is 0.591. The van der Waals surface area contributed by atoms with Crippen LogP contribution in [0.3, 0.4) is 0 Å². The van der Waals surface area contributed by atoms with E-state index in [4.69, 9.17) is 9.47 Å². The lowest BCUT2D eigenvalue weighted by atomic mass is 9.70. The third-order valence-corrected chi connectivity index (χ3v) is 7.04. The minimum Gasteiger partial charge on any atom is -0.459 e. The number of carbonyl (C=O) groups is 1. The van der Waals surface area contributed by atoms with Crippen LogP contribution in [0.4, 0.5) is 0 Å². The predicted molar refractivity (Wildman–Crippen MR) is 97.7 cm³/mol. The molecule has 3 nitrogen and oxygen atoms in total. The molecule has 0 radical (unpaired) electrons. The van der Waals surface area contributed by atoms with Crippen molar-refractivity contribution >= 4 is 5.97 Å². The molecule has 3 heteroatoms. The van der Waals surface area contributed by atoms with Crippen LogP contribution in [0.1, 0.15) is 52.5 Å². The van der Waals surface area contributed by atoms with E-state index in [2.05, 4.69) is 32.6 Å². The number of benzene rings is 1.